The number of ether oxygens (including phenoxy) is 2. The normalized spacial score (nSPS) is 30.2. The van der Waals surface area contributed by atoms with E-state index in [1.807, 2.05) is 0 Å². The third-order valence-corrected chi connectivity index (χ3v) is 2.34. The van der Waals surface area contributed by atoms with Gasteiger partial charge in [-0.2, -0.15) is 0 Å². The topological polar surface area (TPSA) is 35.5 Å². The molecule has 0 bridgehead atoms. The number of ketones is 1. The second kappa shape index (κ2) is 4.58. The van der Waals surface area contributed by atoms with Crippen molar-refractivity contribution in [2.75, 3.05) is 26.9 Å². The third kappa shape index (κ3) is 2.29. The van der Waals surface area contributed by atoms with E-state index in [0.717, 1.165) is 6.42 Å². The molecule has 1 rings (SSSR count). The highest BCUT2D eigenvalue weighted by Gasteiger charge is 2.27. The van der Waals surface area contributed by atoms with E-state index in [-0.39, 0.29) is 18.3 Å². The van der Waals surface area contributed by atoms with Crippen LogP contribution in [0.25, 0.3) is 0 Å². The van der Waals surface area contributed by atoms with Gasteiger partial charge in [0.2, 0.25) is 0 Å². The fourth-order valence-electron chi connectivity index (χ4n) is 1.61. The number of hydrogen-bond donors (Lipinski definition) is 0. The van der Waals surface area contributed by atoms with E-state index in [9.17, 15) is 4.79 Å². The van der Waals surface area contributed by atoms with Gasteiger partial charge in [0.1, 0.15) is 6.61 Å². The van der Waals surface area contributed by atoms with Gasteiger partial charge in [-0.3, -0.25) is 4.79 Å². The van der Waals surface area contributed by atoms with Gasteiger partial charge in [0.25, 0.3) is 0 Å². The van der Waals surface area contributed by atoms with Crippen molar-refractivity contribution in [2.45, 2.75) is 13.3 Å². The van der Waals surface area contributed by atoms with Crippen molar-refractivity contribution < 1.29 is 14.3 Å². The van der Waals surface area contributed by atoms with E-state index in [2.05, 4.69) is 6.92 Å². The average Bonchev–Trinajstić information content (AvgIpc) is 2.05. The molecule has 70 valence electrons. The van der Waals surface area contributed by atoms with Crippen molar-refractivity contribution in [1.82, 2.24) is 0 Å². The van der Waals surface area contributed by atoms with Crippen molar-refractivity contribution in [3.63, 3.8) is 0 Å². The molecule has 0 spiro atoms. The Morgan fingerprint density at radius 2 is 2.42 bits per heavy atom. The maximum Gasteiger partial charge on any atom is 0.161 e. The largest absolute Gasteiger partial charge is 0.381 e. The Labute approximate surface area is 73.0 Å². The number of Topliss-reactive ketones (excluding diaryl/α,β-unsaturated/α-hetero) is 1. The van der Waals surface area contributed by atoms with Crippen LogP contribution < -0.4 is 0 Å². The average molecular weight is 172 g/mol. The molecule has 0 aromatic rings. The summed E-state index contributed by atoms with van der Waals surface area (Å²) < 4.78 is 10.1. The fraction of sp³-hybridized carbons (Fsp3) is 0.889. The summed E-state index contributed by atoms with van der Waals surface area (Å²) in [6, 6.07) is 0. The van der Waals surface area contributed by atoms with Gasteiger partial charge in [-0.25, -0.2) is 0 Å². The Kier molecular flexibility index (Phi) is 3.69. The van der Waals surface area contributed by atoms with Gasteiger partial charge < -0.3 is 9.47 Å². The summed E-state index contributed by atoms with van der Waals surface area (Å²) in [6.07, 6.45) is 0.851. The Morgan fingerprint density at radius 1 is 1.67 bits per heavy atom. The fourth-order valence-corrected chi connectivity index (χ4v) is 1.61. The van der Waals surface area contributed by atoms with Gasteiger partial charge >= 0.3 is 0 Å². The van der Waals surface area contributed by atoms with Crippen molar-refractivity contribution in [2.24, 2.45) is 11.8 Å². The molecular formula is C9H16O3. The summed E-state index contributed by atoms with van der Waals surface area (Å²) in [5.74, 6) is 0.716. The highest BCUT2D eigenvalue weighted by molar-refractivity contribution is 5.82. The van der Waals surface area contributed by atoms with Crippen LogP contribution >= 0.6 is 0 Å². The molecule has 1 fully saturated rings. The molecule has 0 aromatic carbocycles. The number of methoxy groups -OCH3 is 1. The number of carbonyl (C=O) groups excluding carboxylic acids is 1. The van der Waals surface area contributed by atoms with E-state index >= 15 is 0 Å². The molecular weight excluding hydrogens is 156 g/mol. The summed E-state index contributed by atoms with van der Waals surface area (Å²) >= 11 is 0. The van der Waals surface area contributed by atoms with Crippen LogP contribution in [0.15, 0.2) is 0 Å². The second-order valence-electron chi connectivity index (χ2n) is 3.35. The number of hydrogen-bond acceptors (Lipinski definition) is 3. The zero-order valence-electron chi connectivity index (χ0n) is 7.71. The molecule has 2 unspecified atom stereocenters. The first kappa shape index (κ1) is 9.68. The molecule has 12 heavy (non-hydrogen) atoms. The standard InChI is InChI=1S/C9H16O3/c1-7-5-12-4-3-8(7)9(10)6-11-2/h7-8H,3-6H2,1-2H3. The lowest BCUT2D eigenvalue weighted by molar-refractivity contribution is -0.132. The molecule has 1 aliphatic rings. The van der Waals surface area contributed by atoms with Crippen LogP contribution in [-0.2, 0) is 14.3 Å². The molecule has 0 N–H and O–H groups in total. The van der Waals surface area contributed by atoms with Gasteiger partial charge in [0.15, 0.2) is 5.78 Å². The first-order chi connectivity index (χ1) is 5.75. The Balaban J connectivity index is 2.42. The van der Waals surface area contributed by atoms with Crippen molar-refractivity contribution in [3.05, 3.63) is 0 Å². The van der Waals surface area contributed by atoms with Crippen LogP contribution in [0.2, 0.25) is 0 Å². The summed E-state index contributed by atoms with van der Waals surface area (Å²) in [4.78, 5) is 11.4. The Hall–Kier alpha value is -0.410. The molecule has 3 nitrogen and oxygen atoms in total. The van der Waals surface area contributed by atoms with Crippen LogP contribution in [0.3, 0.4) is 0 Å². The zero-order chi connectivity index (χ0) is 8.97. The van der Waals surface area contributed by atoms with Crippen LogP contribution in [0.5, 0.6) is 0 Å². The van der Waals surface area contributed by atoms with Gasteiger partial charge in [-0.15, -0.1) is 0 Å². The van der Waals surface area contributed by atoms with E-state index in [0.29, 0.717) is 19.1 Å². The summed E-state index contributed by atoms with van der Waals surface area (Å²) in [5, 5.41) is 0. The summed E-state index contributed by atoms with van der Waals surface area (Å²) in [7, 11) is 1.56. The van der Waals surface area contributed by atoms with Gasteiger partial charge in [0.05, 0.1) is 0 Å². The maximum absolute atomic E-state index is 11.4. The minimum Gasteiger partial charge on any atom is -0.381 e. The predicted molar refractivity (Wildman–Crippen MR) is 45.0 cm³/mol. The minimum absolute atomic E-state index is 0.152. The molecule has 0 radical (unpaired) electrons. The number of rotatable bonds is 3. The van der Waals surface area contributed by atoms with Crippen LogP contribution in [-0.4, -0.2) is 32.7 Å². The van der Waals surface area contributed by atoms with E-state index < -0.39 is 0 Å². The first-order valence-corrected chi connectivity index (χ1v) is 4.35. The first-order valence-electron chi connectivity index (χ1n) is 4.35. The van der Waals surface area contributed by atoms with Crippen LogP contribution in [0.1, 0.15) is 13.3 Å². The molecule has 2 atom stereocenters. The lowest BCUT2D eigenvalue weighted by Gasteiger charge is -2.27. The van der Waals surface area contributed by atoms with Crippen LogP contribution in [0, 0.1) is 11.8 Å². The van der Waals surface area contributed by atoms with Crippen LogP contribution in [0.4, 0.5) is 0 Å². The molecule has 3 heteroatoms. The van der Waals surface area contributed by atoms with Crippen molar-refractivity contribution >= 4 is 5.78 Å². The summed E-state index contributed by atoms with van der Waals surface area (Å²) in [5.41, 5.74) is 0. The lowest BCUT2D eigenvalue weighted by Crippen LogP contribution is -2.33. The molecule has 0 aromatic heterocycles. The zero-order valence-corrected chi connectivity index (χ0v) is 7.71. The lowest BCUT2D eigenvalue weighted by atomic mass is 9.86. The smallest absolute Gasteiger partial charge is 0.161 e. The van der Waals surface area contributed by atoms with Crippen molar-refractivity contribution in [1.29, 1.82) is 0 Å². The molecule has 1 saturated heterocycles. The Bertz CT molecular complexity index is 156. The molecule has 0 amide bonds. The molecule has 0 saturated carbocycles. The molecule has 0 aliphatic carbocycles. The molecule has 1 aliphatic heterocycles. The van der Waals surface area contributed by atoms with Gasteiger partial charge in [0, 0.05) is 26.2 Å². The van der Waals surface area contributed by atoms with Gasteiger partial charge in [-0.05, 0) is 12.3 Å². The highest BCUT2D eigenvalue weighted by atomic mass is 16.5. The maximum atomic E-state index is 11.4. The number of carbonyl (C=O) groups is 1. The molecule has 1 heterocycles. The third-order valence-electron chi connectivity index (χ3n) is 2.34. The summed E-state index contributed by atoms with van der Waals surface area (Å²) in [6.45, 7) is 3.72. The monoisotopic (exact) mass is 172 g/mol. The van der Waals surface area contributed by atoms with E-state index in [1.54, 1.807) is 7.11 Å². The van der Waals surface area contributed by atoms with Crippen molar-refractivity contribution in [3.8, 4) is 0 Å². The Morgan fingerprint density at radius 3 is 3.00 bits per heavy atom. The second-order valence-corrected chi connectivity index (χ2v) is 3.35. The van der Waals surface area contributed by atoms with Gasteiger partial charge in [-0.1, -0.05) is 6.92 Å². The quantitative estimate of drug-likeness (QED) is 0.633. The van der Waals surface area contributed by atoms with E-state index in [1.165, 1.54) is 0 Å². The predicted octanol–water partition coefficient (Wildman–Crippen LogP) is 0.875. The SMILES string of the molecule is COCC(=O)C1CCOCC1C. The van der Waals surface area contributed by atoms with E-state index in [4.69, 9.17) is 9.47 Å². The highest BCUT2D eigenvalue weighted by Crippen LogP contribution is 2.21. The minimum atomic E-state index is 0.152.